The predicted molar refractivity (Wildman–Crippen MR) is 58.7 cm³/mol. The van der Waals surface area contributed by atoms with Crippen molar-refractivity contribution in [1.29, 1.82) is 0 Å². The molecule has 2 N–H and O–H groups in total. The molecule has 0 radical (unpaired) electrons. The Bertz CT molecular complexity index is 382. The van der Waals surface area contributed by atoms with Gasteiger partial charge in [-0.15, -0.1) is 0 Å². The van der Waals surface area contributed by atoms with Crippen LogP contribution < -0.4 is 4.90 Å². The summed E-state index contributed by atoms with van der Waals surface area (Å²) in [6.07, 6.45) is 1.83. The van der Waals surface area contributed by atoms with Crippen molar-refractivity contribution in [1.82, 2.24) is 9.97 Å². The van der Waals surface area contributed by atoms with Crippen LogP contribution >= 0.6 is 0 Å². The molecule has 88 valence electrons. The zero-order valence-electron chi connectivity index (χ0n) is 9.34. The summed E-state index contributed by atoms with van der Waals surface area (Å²) >= 11 is 0. The average Bonchev–Trinajstić information content (AvgIpc) is 2.28. The summed E-state index contributed by atoms with van der Waals surface area (Å²) in [5.41, 5.74) is 0.630. The number of nitrogens with zero attached hydrogens (tertiary/aromatic N) is 3. The van der Waals surface area contributed by atoms with Crippen molar-refractivity contribution in [3.8, 4) is 0 Å². The van der Waals surface area contributed by atoms with E-state index in [1.54, 1.807) is 11.9 Å². The minimum Gasteiger partial charge on any atom is -0.478 e. The maximum absolute atomic E-state index is 10.9. The molecule has 1 rings (SSSR count). The molecule has 6 heteroatoms. The van der Waals surface area contributed by atoms with Gasteiger partial charge in [0.15, 0.2) is 0 Å². The summed E-state index contributed by atoms with van der Waals surface area (Å²) in [5, 5.41) is 17.7. The van der Waals surface area contributed by atoms with Crippen molar-refractivity contribution in [3.05, 3.63) is 17.5 Å². The number of aryl methyl sites for hydroxylation is 1. The van der Waals surface area contributed by atoms with Crippen molar-refractivity contribution in [2.45, 2.75) is 13.3 Å². The van der Waals surface area contributed by atoms with Gasteiger partial charge in [0.2, 0.25) is 5.95 Å². The van der Waals surface area contributed by atoms with E-state index in [9.17, 15) is 4.79 Å². The molecular formula is C10H15N3O3. The maximum atomic E-state index is 10.9. The van der Waals surface area contributed by atoms with E-state index >= 15 is 0 Å². The SMILES string of the molecule is CCc1nc(N(C)CCO)ncc1C(=O)O. The van der Waals surface area contributed by atoms with E-state index in [2.05, 4.69) is 9.97 Å². The molecule has 0 amide bonds. The van der Waals surface area contributed by atoms with Crippen LogP contribution in [0.3, 0.4) is 0 Å². The molecule has 16 heavy (non-hydrogen) atoms. The molecule has 0 fully saturated rings. The number of likely N-dealkylation sites (N-methyl/N-ethyl adjacent to an activating group) is 1. The number of aliphatic hydroxyl groups is 1. The van der Waals surface area contributed by atoms with Crippen LogP contribution in [0.5, 0.6) is 0 Å². The number of aromatic nitrogens is 2. The van der Waals surface area contributed by atoms with Crippen molar-refractivity contribution < 1.29 is 15.0 Å². The van der Waals surface area contributed by atoms with E-state index < -0.39 is 5.97 Å². The number of carbonyl (C=O) groups is 1. The van der Waals surface area contributed by atoms with Crippen LogP contribution in [0.25, 0.3) is 0 Å². The second kappa shape index (κ2) is 5.41. The molecule has 0 saturated carbocycles. The van der Waals surface area contributed by atoms with Gasteiger partial charge in [0.05, 0.1) is 17.9 Å². The van der Waals surface area contributed by atoms with E-state index in [0.29, 0.717) is 24.6 Å². The monoisotopic (exact) mass is 225 g/mol. The molecule has 0 atom stereocenters. The van der Waals surface area contributed by atoms with Crippen LogP contribution in [0.2, 0.25) is 0 Å². The van der Waals surface area contributed by atoms with Crippen molar-refractivity contribution in [2.24, 2.45) is 0 Å². The fourth-order valence-corrected chi connectivity index (χ4v) is 1.29. The molecule has 1 aromatic heterocycles. The summed E-state index contributed by atoms with van der Waals surface area (Å²) < 4.78 is 0. The second-order valence-corrected chi connectivity index (χ2v) is 3.33. The highest BCUT2D eigenvalue weighted by molar-refractivity contribution is 5.88. The number of aromatic carboxylic acids is 1. The Morgan fingerprint density at radius 2 is 2.25 bits per heavy atom. The van der Waals surface area contributed by atoms with Crippen molar-refractivity contribution in [2.75, 3.05) is 25.1 Å². The Morgan fingerprint density at radius 1 is 1.56 bits per heavy atom. The van der Waals surface area contributed by atoms with Gasteiger partial charge in [-0.1, -0.05) is 6.92 Å². The van der Waals surface area contributed by atoms with Gasteiger partial charge in [-0.05, 0) is 6.42 Å². The van der Waals surface area contributed by atoms with Crippen LogP contribution in [0.1, 0.15) is 23.0 Å². The number of hydrogen-bond donors (Lipinski definition) is 2. The zero-order chi connectivity index (χ0) is 12.1. The summed E-state index contributed by atoms with van der Waals surface area (Å²) in [6, 6.07) is 0. The third-order valence-corrected chi connectivity index (χ3v) is 2.20. The number of aliphatic hydroxyl groups excluding tert-OH is 1. The topological polar surface area (TPSA) is 86.5 Å². The first-order chi connectivity index (χ1) is 7.60. The average molecular weight is 225 g/mol. The van der Waals surface area contributed by atoms with E-state index in [1.165, 1.54) is 6.20 Å². The number of hydrogen-bond acceptors (Lipinski definition) is 5. The molecule has 0 unspecified atom stereocenters. The van der Waals surface area contributed by atoms with Gasteiger partial charge in [-0.2, -0.15) is 0 Å². The molecule has 0 aliphatic heterocycles. The first-order valence-electron chi connectivity index (χ1n) is 5.01. The highest BCUT2D eigenvalue weighted by Gasteiger charge is 2.13. The van der Waals surface area contributed by atoms with E-state index in [-0.39, 0.29) is 12.2 Å². The summed E-state index contributed by atoms with van der Waals surface area (Å²) in [4.78, 5) is 20.6. The Balaban J connectivity index is 3.03. The molecule has 1 heterocycles. The Morgan fingerprint density at radius 3 is 2.75 bits per heavy atom. The molecule has 1 aromatic rings. The normalized spacial score (nSPS) is 10.2. The van der Waals surface area contributed by atoms with Crippen molar-refractivity contribution in [3.63, 3.8) is 0 Å². The summed E-state index contributed by atoms with van der Waals surface area (Å²) in [6.45, 7) is 2.25. The van der Waals surface area contributed by atoms with Crippen LogP contribution in [-0.4, -0.2) is 46.3 Å². The molecule has 6 nitrogen and oxygen atoms in total. The largest absolute Gasteiger partial charge is 0.478 e. The summed E-state index contributed by atoms with van der Waals surface area (Å²) in [5.74, 6) is -0.593. The quantitative estimate of drug-likeness (QED) is 0.742. The Hall–Kier alpha value is -1.69. The van der Waals surface area contributed by atoms with Gasteiger partial charge in [0, 0.05) is 19.8 Å². The molecular weight excluding hydrogens is 210 g/mol. The molecule has 0 spiro atoms. The van der Waals surface area contributed by atoms with Gasteiger partial charge in [-0.3, -0.25) is 0 Å². The fourth-order valence-electron chi connectivity index (χ4n) is 1.29. The Kier molecular flexibility index (Phi) is 4.19. The number of carboxylic acids is 1. The smallest absolute Gasteiger partial charge is 0.339 e. The fraction of sp³-hybridized carbons (Fsp3) is 0.500. The molecule has 0 aliphatic rings. The first-order valence-corrected chi connectivity index (χ1v) is 5.01. The van der Waals surface area contributed by atoms with Crippen LogP contribution in [0.15, 0.2) is 6.20 Å². The highest BCUT2D eigenvalue weighted by atomic mass is 16.4. The van der Waals surface area contributed by atoms with Gasteiger partial charge < -0.3 is 15.1 Å². The van der Waals surface area contributed by atoms with Gasteiger partial charge in [0.1, 0.15) is 0 Å². The third-order valence-electron chi connectivity index (χ3n) is 2.20. The maximum Gasteiger partial charge on any atom is 0.339 e. The minimum atomic E-state index is -1.02. The highest BCUT2D eigenvalue weighted by Crippen LogP contribution is 2.11. The first kappa shape index (κ1) is 12.4. The van der Waals surface area contributed by atoms with Gasteiger partial charge in [0.25, 0.3) is 0 Å². The molecule has 0 bridgehead atoms. The number of anilines is 1. The van der Waals surface area contributed by atoms with Crippen LogP contribution in [0, 0.1) is 0 Å². The predicted octanol–water partition coefficient (Wildman–Crippen LogP) is 0.166. The lowest BCUT2D eigenvalue weighted by molar-refractivity contribution is 0.0694. The minimum absolute atomic E-state index is 0.00198. The lowest BCUT2D eigenvalue weighted by atomic mass is 10.2. The van der Waals surface area contributed by atoms with E-state index in [1.807, 2.05) is 6.92 Å². The number of carboxylic acid groups (broad SMARTS) is 1. The zero-order valence-corrected chi connectivity index (χ0v) is 9.34. The molecule has 0 saturated heterocycles. The van der Waals surface area contributed by atoms with E-state index in [4.69, 9.17) is 10.2 Å². The van der Waals surface area contributed by atoms with Crippen LogP contribution in [0.4, 0.5) is 5.95 Å². The van der Waals surface area contributed by atoms with Crippen LogP contribution in [-0.2, 0) is 6.42 Å². The summed E-state index contributed by atoms with van der Waals surface area (Å²) in [7, 11) is 1.74. The lowest BCUT2D eigenvalue weighted by Crippen LogP contribution is -2.24. The standard InChI is InChI=1S/C10H15N3O3/c1-3-8-7(9(15)16)6-11-10(12-8)13(2)4-5-14/h6,14H,3-5H2,1-2H3,(H,15,16). The second-order valence-electron chi connectivity index (χ2n) is 3.33. The van der Waals surface area contributed by atoms with Gasteiger partial charge >= 0.3 is 5.97 Å². The number of rotatable bonds is 5. The molecule has 0 aromatic carbocycles. The molecule has 0 aliphatic carbocycles. The third kappa shape index (κ3) is 2.66. The van der Waals surface area contributed by atoms with Crippen molar-refractivity contribution >= 4 is 11.9 Å². The van der Waals surface area contributed by atoms with E-state index in [0.717, 1.165) is 0 Å². The Labute approximate surface area is 93.6 Å². The lowest BCUT2D eigenvalue weighted by Gasteiger charge is -2.16. The van der Waals surface area contributed by atoms with Gasteiger partial charge in [-0.25, -0.2) is 14.8 Å².